The van der Waals surface area contributed by atoms with Crippen molar-refractivity contribution in [2.45, 2.75) is 25.7 Å². The average molecular weight is 421 g/mol. The summed E-state index contributed by atoms with van der Waals surface area (Å²) in [5.41, 5.74) is 0.129. The first-order valence-electron chi connectivity index (χ1n) is 8.15. The van der Waals surface area contributed by atoms with Gasteiger partial charge in [-0.3, -0.25) is 9.79 Å². The SMILES string of the molecule is CN=C(NCCN1CCC1)N1CCCC2(CNC(=O)C2)C1.I. The van der Waals surface area contributed by atoms with E-state index in [1.54, 1.807) is 0 Å². The lowest BCUT2D eigenvalue weighted by atomic mass is 9.79. The maximum atomic E-state index is 11.6. The van der Waals surface area contributed by atoms with Crippen LogP contribution in [0.2, 0.25) is 0 Å². The second-order valence-electron chi connectivity index (χ2n) is 6.65. The van der Waals surface area contributed by atoms with Gasteiger partial charge in [-0.05, 0) is 32.4 Å². The minimum absolute atomic E-state index is 0. The number of carbonyl (C=O) groups excluding carboxylic acids is 1. The zero-order valence-electron chi connectivity index (χ0n) is 13.4. The Balaban J connectivity index is 0.00000176. The molecule has 3 aliphatic heterocycles. The molecule has 0 bridgehead atoms. The van der Waals surface area contributed by atoms with E-state index in [4.69, 9.17) is 0 Å². The summed E-state index contributed by atoms with van der Waals surface area (Å²) in [5, 5.41) is 6.48. The maximum absolute atomic E-state index is 11.6. The Morgan fingerprint density at radius 3 is 2.77 bits per heavy atom. The summed E-state index contributed by atoms with van der Waals surface area (Å²) in [6.07, 6.45) is 4.30. The maximum Gasteiger partial charge on any atom is 0.220 e. The first-order chi connectivity index (χ1) is 10.2. The molecular formula is C15H28IN5O. The van der Waals surface area contributed by atoms with E-state index in [9.17, 15) is 4.79 Å². The summed E-state index contributed by atoms with van der Waals surface area (Å²) in [6.45, 7) is 7.33. The van der Waals surface area contributed by atoms with E-state index in [-0.39, 0.29) is 35.3 Å². The standard InChI is InChI=1S/C15H27N5O.HI/c1-16-14(17-5-9-19-6-3-7-19)20-8-2-4-15(12-20)10-13(21)18-11-15;/h2-12H2,1H3,(H,16,17)(H,18,21);1H. The summed E-state index contributed by atoms with van der Waals surface area (Å²) in [5.74, 6) is 1.20. The Hall–Kier alpha value is -0.570. The van der Waals surface area contributed by atoms with Crippen molar-refractivity contribution in [3.8, 4) is 0 Å². The molecule has 7 heteroatoms. The molecule has 0 aromatic rings. The Morgan fingerprint density at radius 1 is 1.36 bits per heavy atom. The van der Waals surface area contributed by atoms with E-state index in [1.807, 2.05) is 7.05 Å². The van der Waals surface area contributed by atoms with Crippen LogP contribution in [0, 0.1) is 5.41 Å². The fourth-order valence-corrected chi connectivity index (χ4v) is 3.69. The van der Waals surface area contributed by atoms with Crippen LogP contribution in [0.1, 0.15) is 25.7 Å². The minimum atomic E-state index is 0. The highest BCUT2D eigenvalue weighted by molar-refractivity contribution is 14.0. The molecule has 3 saturated heterocycles. The zero-order chi connectivity index (χ0) is 14.7. The molecule has 22 heavy (non-hydrogen) atoms. The van der Waals surface area contributed by atoms with Crippen LogP contribution in [0.15, 0.2) is 4.99 Å². The van der Waals surface area contributed by atoms with Crippen LogP contribution in [0.5, 0.6) is 0 Å². The zero-order valence-corrected chi connectivity index (χ0v) is 15.8. The lowest BCUT2D eigenvalue weighted by Crippen LogP contribution is -2.52. The highest BCUT2D eigenvalue weighted by Crippen LogP contribution is 2.35. The van der Waals surface area contributed by atoms with Gasteiger partial charge in [-0.2, -0.15) is 0 Å². The van der Waals surface area contributed by atoms with Gasteiger partial charge in [0.1, 0.15) is 0 Å². The smallest absolute Gasteiger partial charge is 0.220 e. The van der Waals surface area contributed by atoms with E-state index in [1.165, 1.54) is 19.5 Å². The van der Waals surface area contributed by atoms with Gasteiger partial charge in [0, 0.05) is 51.6 Å². The van der Waals surface area contributed by atoms with Crippen LogP contribution >= 0.6 is 24.0 Å². The molecule has 0 aliphatic carbocycles. The molecule has 1 atom stereocenters. The van der Waals surface area contributed by atoms with E-state index in [0.717, 1.165) is 51.5 Å². The van der Waals surface area contributed by atoms with E-state index >= 15 is 0 Å². The van der Waals surface area contributed by atoms with Gasteiger partial charge < -0.3 is 20.4 Å². The second kappa shape index (κ2) is 7.81. The van der Waals surface area contributed by atoms with E-state index in [0.29, 0.717) is 6.42 Å². The van der Waals surface area contributed by atoms with Crippen molar-refractivity contribution >= 4 is 35.8 Å². The number of rotatable bonds is 3. The molecule has 0 aromatic carbocycles. The number of hydrogen-bond donors (Lipinski definition) is 2. The monoisotopic (exact) mass is 421 g/mol. The number of nitrogens with zero attached hydrogens (tertiary/aromatic N) is 3. The van der Waals surface area contributed by atoms with E-state index in [2.05, 4.69) is 25.4 Å². The summed E-state index contributed by atoms with van der Waals surface area (Å²) in [6, 6.07) is 0. The molecule has 0 radical (unpaired) electrons. The highest BCUT2D eigenvalue weighted by atomic mass is 127. The number of piperidine rings is 1. The first-order valence-corrected chi connectivity index (χ1v) is 8.15. The van der Waals surface area contributed by atoms with Crippen LogP contribution < -0.4 is 10.6 Å². The van der Waals surface area contributed by atoms with Gasteiger partial charge in [0.25, 0.3) is 0 Å². The third-order valence-corrected chi connectivity index (χ3v) is 5.03. The van der Waals surface area contributed by atoms with Crippen molar-refractivity contribution in [2.24, 2.45) is 10.4 Å². The van der Waals surface area contributed by atoms with Gasteiger partial charge in [-0.1, -0.05) is 0 Å². The second-order valence-corrected chi connectivity index (χ2v) is 6.65. The molecule has 0 saturated carbocycles. The normalized spacial score (nSPS) is 29.0. The van der Waals surface area contributed by atoms with Crippen molar-refractivity contribution in [3.05, 3.63) is 0 Å². The summed E-state index contributed by atoms with van der Waals surface area (Å²) in [7, 11) is 1.85. The van der Waals surface area contributed by atoms with Crippen molar-refractivity contribution in [3.63, 3.8) is 0 Å². The Kier molecular flexibility index (Phi) is 6.31. The van der Waals surface area contributed by atoms with Crippen LogP contribution in [0.3, 0.4) is 0 Å². The number of likely N-dealkylation sites (tertiary alicyclic amines) is 2. The largest absolute Gasteiger partial charge is 0.355 e. The number of amides is 1. The van der Waals surface area contributed by atoms with Crippen LogP contribution in [0.4, 0.5) is 0 Å². The molecule has 0 aromatic heterocycles. The average Bonchev–Trinajstić information content (AvgIpc) is 2.77. The van der Waals surface area contributed by atoms with Gasteiger partial charge in [-0.25, -0.2) is 0 Å². The summed E-state index contributed by atoms with van der Waals surface area (Å²) in [4.78, 5) is 20.8. The molecule has 126 valence electrons. The number of nitrogens with one attached hydrogen (secondary N) is 2. The van der Waals surface area contributed by atoms with Crippen molar-refractivity contribution in [1.29, 1.82) is 0 Å². The lowest BCUT2D eigenvalue weighted by molar-refractivity contribution is -0.119. The Morgan fingerprint density at radius 2 is 2.18 bits per heavy atom. The van der Waals surface area contributed by atoms with Crippen molar-refractivity contribution in [1.82, 2.24) is 20.4 Å². The predicted octanol–water partition coefficient (Wildman–Crippen LogP) is 0.488. The molecule has 1 spiro atoms. The number of guanidine groups is 1. The van der Waals surface area contributed by atoms with Gasteiger partial charge in [0.2, 0.25) is 5.91 Å². The van der Waals surface area contributed by atoms with Crippen molar-refractivity contribution in [2.75, 3.05) is 52.9 Å². The van der Waals surface area contributed by atoms with Gasteiger partial charge >= 0.3 is 0 Å². The lowest BCUT2D eigenvalue weighted by Gasteiger charge is -2.41. The fourth-order valence-electron chi connectivity index (χ4n) is 3.69. The topological polar surface area (TPSA) is 60.0 Å². The van der Waals surface area contributed by atoms with Crippen LogP contribution in [-0.2, 0) is 4.79 Å². The number of halogens is 1. The molecule has 1 amide bonds. The molecular weight excluding hydrogens is 393 g/mol. The van der Waals surface area contributed by atoms with Gasteiger partial charge in [0.05, 0.1) is 0 Å². The molecule has 3 heterocycles. The third kappa shape index (κ3) is 4.04. The molecule has 3 fully saturated rings. The third-order valence-electron chi connectivity index (χ3n) is 5.03. The predicted molar refractivity (Wildman–Crippen MR) is 98.7 cm³/mol. The number of carbonyl (C=O) groups is 1. The van der Waals surface area contributed by atoms with E-state index < -0.39 is 0 Å². The highest BCUT2D eigenvalue weighted by Gasteiger charge is 2.42. The van der Waals surface area contributed by atoms with Crippen LogP contribution in [0.25, 0.3) is 0 Å². The van der Waals surface area contributed by atoms with Crippen LogP contribution in [-0.4, -0.2) is 74.5 Å². The molecule has 2 N–H and O–H groups in total. The summed E-state index contributed by atoms with van der Waals surface area (Å²) < 4.78 is 0. The van der Waals surface area contributed by atoms with Crippen molar-refractivity contribution < 1.29 is 4.79 Å². The van der Waals surface area contributed by atoms with Gasteiger partial charge in [0.15, 0.2) is 5.96 Å². The Labute approximate surface area is 150 Å². The quantitative estimate of drug-likeness (QED) is 0.396. The summed E-state index contributed by atoms with van der Waals surface area (Å²) >= 11 is 0. The number of hydrogen-bond acceptors (Lipinski definition) is 3. The molecule has 3 rings (SSSR count). The molecule has 3 aliphatic rings. The molecule has 6 nitrogen and oxygen atoms in total. The first kappa shape index (κ1) is 17.8. The van der Waals surface area contributed by atoms with Gasteiger partial charge in [-0.15, -0.1) is 24.0 Å². The minimum Gasteiger partial charge on any atom is -0.355 e. The Bertz CT molecular complexity index is 426. The fraction of sp³-hybridized carbons (Fsp3) is 0.867. The molecule has 1 unspecified atom stereocenters. The number of aliphatic imine (C=N–C) groups is 1.